The molecule has 0 atom stereocenters. The molecule has 0 aromatic heterocycles. The molecule has 0 fully saturated rings. The monoisotopic (exact) mass is 538 g/mol. The first-order chi connectivity index (χ1) is 17.6. The summed E-state index contributed by atoms with van der Waals surface area (Å²) < 4.78 is 61.2. The van der Waals surface area contributed by atoms with Crippen LogP contribution in [0.15, 0.2) is 113 Å². The summed E-state index contributed by atoms with van der Waals surface area (Å²) in [4.78, 5) is 12.7. The van der Waals surface area contributed by atoms with Gasteiger partial charge in [0, 0.05) is 0 Å². The van der Waals surface area contributed by atoms with Gasteiger partial charge in [-0.3, -0.25) is 0 Å². The molecule has 0 unspecified atom stereocenters. The molecule has 0 aliphatic heterocycles. The highest BCUT2D eigenvalue weighted by Crippen LogP contribution is 2.30. The number of para-hydroxylation sites is 4. The van der Waals surface area contributed by atoms with Gasteiger partial charge in [0.2, 0.25) is 0 Å². The largest absolute Gasteiger partial charge is 0.377 e. The summed E-state index contributed by atoms with van der Waals surface area (Å²) in [6.45, 7) is 1.83. The normalized spacial score (nSPS) is 11.4. The molecule has 0 aliphatic rings. The van der Waals surface area contributed by atoms with Crippen molar-refractivity contribution in [2.75, 3.05) is 10.6 Å². The van der Waals surface area contributed by atoms with Gasteiger partial charge in [0.15, 0.2) is 11.5 Å². The number of anilines is 2. The Hall–Kier alpha value is -4.35. The van der Waals surface area contributed by atoms with E-state index >= 15 is 0 Å². The molecule has 4 aromatic rings. The van der Waals surface area contributed by atoms with Crippen molar-refractivity contribution in [3.8, 4) is 11.5 Å². The van der Waals surface area contributed by atoms with Crippen LogP contribution in [-0.2, 0) is 20.2 Å². The maximum absolute atomic E-state index is 12.8. The molecular weight excluding hydrogens is 516 g/mol. The second-order valence-corrected chi connectivity index (χ2v) is 10.9. The maximum Gasteiger partial charge on any atom is 0.339 e. The van der Waals surface area contributed by atoms with E-state index in [4.69, 9.17) is 8.37 Å². The first kappa shape index (κ1) is 25.7. The van der Waals surface area contributed by atoms with Crippen LogP contribution in [-0.4, -0.2) is 22.9 Å². The van der Waals surface area contributed by atoms with Crippen LogP contribution in [0, 0.1) is 6.92 Å². The van der Waals surface area contributed by atoms with Gasteiger partial charge in [0.25, 0.3) is 0 Å². The minimum Gasteiger partial charge on any atom is -0.377 e. The standard InChI is InChI=1S/C26H22N2O7S2/c1-19-15-17-21(18-16-19)37(32,33)35-25-14-8-6-12-23(25)28-26(29)27-22-11-5-7-13-24(22)34-36(30,31)20-9-3-2-4-10-20/h2-18H,1H3,(H2,27,28,29). The summed E-state index contributed by atoms with van der Waals surface area (Å²) in [6, 6.07) is 24.9. The van der Waals surface area contributed by atoms with Crippen LogP contribution >= 0.6 is 0 Å². The van der Waals surface area contributed by atoms with Gasteiger partial charge >= 0.3 is 26.3 Å². The second kappa shape index (κ2) is 10.7. The predicted molar refractivity (Wildman–Crippen MR) is 139 cm³/mol. The summed E-state index contributed by atoms with van der Waals surface area (Å²) in [5.41, 5.74) is 1.04. The Balaban J connectivity index is 1.51. The van der Waals surface area contributed by atoms with Gasteiger partial charge in [-0.15, -0.1) is 0 Å². The van der Waals surface area contributed by atoms with Gasteiger partial charge in [0.05, 0.1) is 11.4 Å². The van der Waals surface area contributed by atoms with Crippen LogP contribution in [0.3, 0.4) is 0 Å². The van der Waals surface area contributed by atoms with Crippen molar-refractivity contribution in [2.24, 2.45) is 0 Å². The van der Waals surface area contributed by atoms with Crippen LogP contribution in [0.25, 0.3) is 0 Å². The van der Waals surface area contributed by atoms with E-state index in [0.29, 0.717) is 0 Å². The number of carbonyl (C=O) groups is 1. The topological polar surface area (TPSA) is 128 Å². The third kappa shape index (κ3) is 6.46. The van der Waals surface area contributed by atoms with Crippen molar-refractivity contribution >= 4 is 37.6 Å². The lowest BCUT2D eigenvalue weighted by molar-refractivity contribution is 0.262. The predicted octanol–water partition coefficient (Wildman–Crippen LogP) is 5.17. The van der Waals surface area contributed by atoms with E-state index < -0.39 is 26.3 Å². The molecule has 37 heavy (non-hydrogen) atoms. The molecule has 0 saturated heterocycles. The average Bonchev–Trinajstić information content (AvgIpc) is 2.87. The summed E-state index contributed by atoms with van der Waals surface area (Å²) in [6.07, 6.45) is 0. The molecule has 4 aromatic carbocycles. The summed E-state index contributed by atoms with van der Waals surface area (Å²) in [5, 5.41) is 5.04. The Kier molecular flexibility index (Phi) is 7.46. The minimum atomic E-state index is -4.16. The zero-order chi connectivity index (χ0) is 26.5. The number of carbonyl (C=O) groups excluding carboxylic acids is 1. The van der Waals surface area contributed by atoms with Crippen molar-refractivity contribution < 1.29 is 30.0 Å². The first-order valence-electron chi connectivity index (χ1n) is 10.9. The first-order valence-corrected chi connectivity index (χ1v) is 13.7. The highest BCUT2D eigenvalue weighted by Gasteiger charge is 2.21. The van der Waals surface area contributed by atoms with E-state index in [1.54, 1.807) is 54.6 Å². The Morgan fingerprint density at radius 2 is 0.973 bits per heavy atom. The van der Waals surface area contributed by atoms with Crippen molar-refractivity contribution in [3.05, 3.63) is 109 Å². The van der Waals surface area contributed by atoms with Crippen LogP contribution in [0.4, 0.5) is 16.2 Å². The molecular formula is C26H22N2O7S2. The highest BCUT2D eigenvalue weighted by molar-refractivity contribution is 7.87. The molecule has 0 spiro atoms. The lowest BCUT2D eigenvalue weighted by Crippen LogP contribution is -2.21. The highest BCUT2D eigenvalue weighted by atomic mass is 32.2. The third-order valence-electron chi connectivity index (χ3n) is 5.01. The SMILES string of the molecule is Cc1ccc(S(=O)(=O)Oc2ccccc2NC(=O)Nc2ccccc2OS(=O)(=O)c2ccccc2)cc1. The molecule has 0 saturated carbocycles. The number of urea groups is 1. The van der Waals surface area contributed by atoms with Gasteiger partial charge < -0.3 is 19.0 Å². The lowest BCUT2D eigenvalue weighted by Gasteiger charge is -2.15. The van der Waals surface area contributed by atoms with Crippen molar-refractivity contribution in [1.82, 2.24) is 0 Å². The summed E-state index contributed by atoms with van der Waals surface area (Å²) >= 11 is 0. The molecule has 4 rings (SSSR count). The molecule has 0 radical (unpaired) electrons. The number of amides is 2. The van der Waals surface area contributed by atoms with Crippen LogP contribution in [0.5, 0.6) is 11.5 Å². The molecule has 2 amide bonds. The van der Waals surface area contributed by atoms with Gasteiger partial charge in [-0.25, -0.2) is 4.79 Å². The average molecular weight is 539 g/mol. The van der Waals surface area contributed by atoms with Gasteiger partial charge in [-0.1, -0.05) is 60.2 Å². The fraction of sp³-hybridized carbons (Fsp3) is 0.0385. The quantitative estimate of drug-likeness (QED) is 0.296. The zero-order valence-electron chi connectivity index (χ0n) is 19.5. The van der Waals surface area contributed by atoms with E-state index in [1.165, 1.54) is 48.5 Å². The Morgan fingerprint density at radius 1 is 0.568 bits per heavy atom. The number of rotatable bonds is 8. The zero-order valence-corrected chi connectivity index (χ0v) is 21.1. The molecule has 0 bridgehead atoms. The fourth-order valence-corrected chi connectivity index (χ4v) is 5.10. The van der Waals surface area contributed by atoms with Gasteiger partial charge in [-0.2, -0.15) is 16.8 Å². The van der Waals surface area contributed by atoms with E-state index in [9.17, 15) is 21.6 Å². The summed E-state index contributed by atoms with van der Waals surface area (Å²) in [5.74, 6) is -0.206. The Labute approximate surface area is 214 Å². The van der Waals surface area contributed by atoms with E-state index in [-0.39, 0.29) is 32.7 Å². The van der Waals surface area contributed by atoms with Gasteiger partial charge in [0.1, 0.15) is 9.79 Å². The van der Waals surface area contributed by atoms with Crippen molar-refractivity contribution in [2.45, 2.75) is 16.7 Å². The molecule has 2 N–H and O–H groups in total. The Bertz CT molecular complexity index is 1620. The molecule has 190 valence electrons. The molecule has 0 heterocycles. The number of hydrogen-bond acceptors (Lipinski definition) is 7. The Morgan fingerprint density at radius 3 is 1.46 bits per heavy atom. The number of aryl methyl sites for hydroxylation is 1. The molecule has 11 heteroatoms. The van der Waals surface area contributed by atoms with Crippen molar-refractivity contribution in [3.63, 3.8) is 0 Å². The fourth-order valence-electron chi connectivity index (χ4n) is 3.19. The number of benzene rings is 4. The molecule has 9 nitrogen and oxygen atoms in total. The second-order valence-electron chi connectivity index (χ2n) is 7.77. The van der Waals surface area contributed by atoms with E-state index in [1.807, 2.05) is 6.92 Å². The van der Waals surface area contributed by atoms with Crippen LogP contribution < -0.4 is 19.0 Å². The lowest BCUT2D eigenvalue weighted by atomic mass is 10.2. The minimum absolute atomic E-state index is 0.0388. The number of nitrogens with one attached hydrogen (secondary N) is 2. The van der Waals surface area contributed by atoms with Gasteiger partial charge in [-0.05, 0) is 55.5 Å². The molecule has 0 aliphatic carbocycles. The number of hydrogen-bond donors (Lipinski definition) is 2. The smallest absolute Gasteiger partial charge is 0.339 e. The summed E-state index contributed by atoms with van der Waals surface area (Å²) in [7, 11) is -8.30. The van der Waals surface area contributed by atoms with E-state index in [0.717, 1.165) is 5.56 Å². The van der Waals surface area contributed by atoms with Crippen LogP contribution in [0.2, 0.25) is 0 Å². The maximum atomic E-state index is 12.8. The third-order valence-corrected chi connectivity index (χ3v) is 7.51. The van der Waals surface area contributed by atoms with Crippen LogP contribution in [0.1, 0.15) is 5.56 Å². The van der Waals surface area contributed by atoms with E-state index in [2.05, 4.69) is 10.6 Å². The van der Waals surface area contributed by atoms with Crippen molar-refractivity contribution in [1.29, 1.82) is 0 Å².